The fraction of sp³-hybridized carbons (Fsp3) is 0.273. The van der Waals surface area contributed by atoms with Crippen molar-refractivity contribution in [2.45, 2.75) is 26.4 Å². The maximum Gasteiger partial charge on any atom is 0.249 e. The highest BCUT2D eigenvalue weighted by Gasteiger charge is 2.45. The summed E-state index contributed by atoms with van der Waals surface area (Å²) in [6.07, 6.45) is 0. The van der Waals surface area contributed by atoms with E-state index in [1.165, 1.54) is 0 Å². The largest absolute Gasteiger partial charge is 0.489 e. The minimum absolute atomic E-state index is 0.204. The number of carbonyl (C=O) groups is 2. The number of benzene rings is 2. The molecular weight excluding hydrogens is 368 g/mol. The maximum absolute atomic E-state index is 12.5. The molecule has 148 valence electrons. The van der Waals surface area contributed by atoms with Gasteiger partial charge in [-0.3, -0.25) is 9.59 Å². The molecule has 0 aliphatic carbocycles. The maximum atomic E-state index is 12.5. The molecule has 2 aromatic rings. The quantitative estimate of drug-likeness (QED) is 0.794. The first-order valence-electron chi connectivity index (χ1n) is 9.49. The van der Waals surface area contributed by atoms with Gasteiger partial charge in [0.2, 0.25) is 11.8 Å². The van der Waals surface area contributed by atoms with Crippen LogP contribution in [0.4, 0.5) is 0 Å². The number of hydrazone groups is 2. The number of nitrogens with one attached hydrogen (secondary N) is 2. The summed E-state index contributed by atoms with van der Waals surface area (Å²) in [5.74, 6) is -1.13. The third-order valence-corrected chi connectivity index (χ3v) is 5.38. The van der Waals surface area contributed by atoms with E-state index in [4.69, 9.17) is 4.74 Å². The van der Waals surface area contributed by atoms with E-state index in [1.807, 2.05) is 54.6 Å². The Morgan fingerprint density at radius 1 is 0.862 bits per heavy atom. The van der Waals surface area contributed by atoms with Gasteiger partial charge in [-0.2, -0.15) is 10.2 Å². The summed E-state index contributed by atoms with van der Waals surface area (Å²) in [5, 5.41) is 8.14. The van der Waals surface area contributed by atoms with Crippen LogP contribution in [-0.2, 0) is 16.2 Å². The lowest BCUT2D eigenvalue weighted by Crippen LogP contribution is -2.38. The van der Waals surface area contributed by atoms with Crippen LogP contribution in [0.3, 0.4) is 0 Å². The van der Waals surface area contributed by atoms with Crippen LogP contribution in [0.2, 0.25) is 0 Å². The van der Waals surface area contributed by atoms with Gasteiger partial charge in [0.05, 0.1) is 11.8 Å². The molecule has 0 aromatic heterocycles. The summed E-state index contributed by atoms with van der Waals surface area (Å²) >= 11 is 0. The van der Waals surface area contributed by atoms with E-state index >= 15 is 0 Å². The highest BCUT2D eigenvalue weighted by molar-refractivity contribution is 6.12. The summed E-state index contributed by atoms with van der Waals surface area (Å²) in [5.41, 5.74) is 8.33. The molecular formula is C22H22N4O3. The van der Waals surface area contributed by atoms with Crippen LogP contribution in [0.1, 0.15) is 30.9 Å². The molecule has 0 radical (unpaired) electrons. The molecule has 7 nitrogen and oxygen atoms in total. The molecule has 2 heterocycles. The zero-order valence-corrected chi connectivity index (χ0v) is 16.3. The van der Waals surface area contributed by atoms with Gasteiger partial charge in [-0.05, 0) is 37.1 Å². The van der Waals surface area contributed by atoms with E-state index in [9.17, 15) is 9.59 Å². The van der Waals surface area contributed by atoms with Crippen LogP contribution >= 0.6 is 0 Å². The normalized spacial score (nSPS) is 21.9. The van der Waals surface area contributed by atoms with Crippen molar-refractivity contribution in [1.29, 1.82) is 0 Å². The predicted octanol–water partition coefficient (Wildman–Crippen LogP) is 2.59. The smallest absolute Gasteiger partial charge is 0.249 e. The fourth-order valence-corrected chi connectivity index (χ4v) is 3.89. The first-order valence-corrected chi connectivity index (χ1v) is 9.49. The number of nitrogens with zero attached hydrogens (tertiary/aromatic N) is 2. The summed E-state index contributed by atoms with van der Waals surface area (Å²) in [4.78, 5) is 24.9. The van der Waals surface area contributed by atoms with Crippen molar-refractivity contribution < 1.29 is 14.3 Å². The summed E-state index contributed by atoms with van der Waals surface area (Å²) in [7, 11) is 0. The standard InChI is InChI=1S/C22H22N4O3/c1-13-18(21(27)25-23-13)20(19-14(2)24-26-22(19)28)16-8-10-17(11-9-16)29-12-15-6-4-3-5-7-15/h3-11,18-20H,12H2,1-2H3,(H,25,27)(H,26,28). The van der Waals surface area contributed by atoms with Gasteiger partial charge in [-0.1, -0.05) is 42.5 Å². The molecule has 0 saturated carbocycles. The zero-order valence-electron chi connectivity index (χ0n) is 16.3. The van der Waals surface area contributed by atoms with E-state index in [1.54, 1.807) is 13.8 Å². The molecule has 4 rings (SSSR count). The molecule has 7 heteroatoms. The van der Waals surface area contributed by atoms with Crippen molar-refractivity contribution in [3.05, 3.63) is 65.7 Å². The minimum atomic E-state index is -0.523. The molecule has 2 unspecified atom stereocenters. The van der Waals surface area contributed by atoms with Crippen LogP contribution in [0.25, 0.3) is 0 Å². The Balaban J connectivity index is 1.59. The Kier molecular flexibility index (Phi) is 5.12. The lowest BCUT2D eigenvalue weighted by Gasteiger charge is -2.27. The molecule has 29 heavy (non-hydrogen) atoms. The lowest BCUT2D eigenvalue weighted by atomic mass is 9.73. The monoisotopic (exact) mass is 390 g/mol. The van der Waals surface area contributed by atoms with E-state index in [0.717, 1.165) is 16.9 Å². The van der Waals surface area contributed by atoms with Crippen LogP contribution in [0.5, 0.6) is 5.75 Å². The second kappa shape index (κ2) is 7.87. The third kappa shape index (κ3) is 3.76. The second-order valence-electron chi connectivity index (χ2n) is 7.28. The molecule has 2 N–H and O–H groups in total. The van der Waals surface area contributed by atoms with Crippen LogP contribution in [0, 0.1) is 11.8 Å². The van der Waals surface area contributed by atoms with Crippen molar-refractivity contribution in [3.63, 3.8) is 0 Å². The molecule has 2 aliphatic heterocycles. The fourth-order valence-electron chi connectivity index (χ4n) is 3.89. The molecule has 2 atom stereocenters. The van der Waals surface area contributed by atoms with Gasteiger partial charge in [0.1, 0.15) is 12.4 Å². The number of hydrogen-bond donors (Lipinski definition) is 2. The summed E-state index contributed by atoms with van der Waals surface area (Å²) < 4.78 is 5.86. The van der Waals surface area contributed by atoms with Gasteiger partial charge in [0, 0.05) is 17.3 Å². The number of carbonyl (C=O) groups excluding carboxylic acids is 2. The highest BCUT2D eigenvalue weighted by Crippen LogP contribution is 2.38. The Hall–Kier alpha value is -3.48. The third-order valence-electron chi connectivity index (χ3n) is 5.38. The topological polar surface area (TPSA) is 92.1 Å². The molecule has 0 saturated heterocycles. The number of amides is 2. The van der Waals surface area contributed by atoms with Gasteiger partial charge in [-0.25, -0.2) is 10.9 Å². The van der Waals surface area contributed by atoms with Crippen molar-refractivity contribution in [2.24, 2.45) is 22.0 Å². The van der Waals surface area contributed by atoms with E-state index < -0.39 is 17.8 Å². The van der Waals surface area contributed by atoms with Gasteiger partial charge in [-0.15, -0.1) is 0 Å². The molecule has 0 fully saturated rings. The Labute approximate surface area is 168 Å². The summed E-state index contributed by atoms with van der Waals surface area (Å²) in [6.45, 7) is 4.07. The van der Waals surface area contributed by atoms with Crippen LogP contribution in [-0.4, -0.2) is 23.2 Å². The Morgan fingerprint density at radius 3 is 1.90 bits per heavy atom. The van der Waals surface area contributed by atoms with E-state index in [-0.39, 0.29) is 11.8 Å². The number of rotatable bonds is 6. The van der Waals surface area contributed by atoms with Crippen molar-refractivity contribution in [3.8, 4) is 5.75 Å². The Morgan fingerprint density at radius 2 is 1.41 bits per heavy atom. The number of ether oxygens (including phenoxy) is 1. The van der Waals surface area contributed by atoms with Crippen LogP contribution < -0.4 is 15.6 Å². The van der Waals surface area contributed by atoms with E-state index in [0.29, 0.717) is 18.0 Å². The first-order chi connectivity index (χ1) is 14.0. The van der Waals surface area contributed by atoms with Crippen molar-refractivity contribution in [1.82, 2.24) is 10.9 Å². The van der Waals surface area contributed by atoms with Gasteiger partial charge >= 0.3 is 0 Å². The van der Waals surface area contributed by atoms with Crippen molar-refractivity contribution in [2.75, 3.05) is 0 Å². The second-order valence-corrected chi connectivity index (χ2v) is 7.28. The average molecular weight is 390 g/mol. The minimum Gasteiger partial charge on any atom is -0.489 e. The SMILES string of the molecule is CC1=NNC(=O)C1C(c1ccc(OCc2ccccc2)cc1)C1C(=O)NN=C1C. The van der Waals surface area contributed by atoms with Crippen molar-refractivity contribution >= 4 is 23.2 Å². The van der Waals surface area contributed by atoms with Gasteiger partial charge in [0.15, 0.2) is 0 Å². The zero-order chi connectivity index (χ0) is 20.4. The molecule has 2 amide bonds. The van der Waals surface area contributed by atoms with Gasteiger partial charge < -0.3 is 4.74 Å². The molecule has 2 aliphatic rings. The van der Waals surface area contributed by atoms with Crippen LogP contribution in [0.15, 0.2) is 64.8 Å². The molecule has 0 bridgehead atoms. The predicted molar refractivity (Wildman–Crippen MR) is 109 cm³/mol. The van der Waals surface area contributed by atoms with E-state index in [2.05, 4.69) is 21.1 Å². The lowest BCUT2D eigenvalue weighted by molar-refractivity contribution is -0.124. The highest BCUT2D eigenvalue weighted by atomic mass is 16.5. The molecule has 2 aromatic carbocycles. The first kappa shape index (κ1) is 18.9. The molecule has 0 spiro atoms. The van der Waals surface area contributed by atoms with Gasteiger partial charge in [0.25, 0.3) is 0 Å². The Bertz CT molecular complexity index is 945. The summed E-state index contributed by atoms with van der Waals surface area (Å²) in [6, 6.07) is 17.5. The average Bonchev–Trinajstić information content (AvgIpc) is 3.25. The number of hydrogen-bond acceptors (Lipinski definition) is 5.